The Hall–Kier alpha value is -2.20. The summed E-state index contributed by atoms with van der Waals surface area (Å²) >= 11 is 1.55. The van der Waals surface area contributed by atoms with E-state index >= 15 is 0 Å². The van der Waals surface area contributed by atoms with Crippen molar-refractivity contribution in [2.45, 2.75) is 20.4 Å². The van der Waals surface area contributed by atoms with Crippen molar-refractivity contribution >= 4 is 27.5 Å². The molecule has 0 aliphatic rings. The van der Waals surface area contributed by atoms with Crippen LogP contribution >= 0.6 is 11.3 Å². The van der Waals surface area contributed by atoms with E-state index < -0.39 is 0 Å². The molecule has 0 bridgehead atoms. The normalized spacial score (nSPS) is 12.0. The predicted molar refractivity (Wildman–Crippen MR) is 86.6 cm³/mol. The monoisotopic (exact) mass is 296 g/mol. The van der Waals surface area contributed by atoms with E-state index in [1.807, 2.05) is 43.3 Å². The zero-order valence-corrected chi connectivity index (χ0v) is 12.9. The van der Waals surface area contributed by atoms with Gasteiger partial charge in [0.2, 0.25) is 0 Å². The maximum absolute atomic E-state index is 12.3. The first-order chi connectivity index (χ1) is 10.2. The number of nitrogens with zero attached hydrogens (tertiary/aromatic N) is 2. The van der Waals surface area contributed by atoms with Crippen molar-refractivity contribution in [2.24, 2.45) is 4.99 Å². The molecule has 21 heavy (non-hydrogen) atoms. The number of rotatable bonds is 2. The molecule has 4 heteroatoms. The van der Waals surface area contributed by atoms with E-state index in [1.54, 1.807) is 11.3 Å². The van der Waals surface area contributed by atoms with Gasteiger partial charge in [-0.15, -0.1) is 0 Å². The second-order valence-corrected chi connectivity index (χ2v) is 5.89. The van der Waals surface area contributed by atoms with Gasteiger partial charge in [0.15, 0.2) is 4.80 Å². The van der Waals surface area contributed by atoms with Gasteiger partial charge in [0, 0.05) is 12.1 Å². The quantitative estimate of drug-likeness (QED) is 0.709. The summed E-state index contributed by atoms with van der Waals surface area (Å²) in [5.74, 6) is -0.191. The van der Waals surface area contributed by atoms with E-state index in [9.17, 15) is 4.79 Å². The van der Waals surface area contributed by atoms with Crippen LogP contribution in [0.2, 0.25) is 0 Å². The number of amides is 1. The summed E-state index contributed by atoms with van der Waals surface area (Å²) in [6.45, 7) is 4.86. The first kappa shape index (κ1) is 13.8. The molecule has 0 radical (unpaired) electrons. The number of aryl methyl sites for hydroxylation is 2. The first-order valence-corrected chi connectivity index (χ1v) is 7.75. The molecule has 0 saturated carbocycles. The van der Waals surface area contributed by atoms with Crippen LogP contribution in [0, 0.1) is 6.92 Å². The standard InChI is InChI=1S/C17H16N2OS/c1-3-19-14-6-4-5-7-15(14)21-17(19)18-16(20)13-10-8-12(2)9-11-13/h4-11H,3H2,1-2H3. The summed E-state index contributed by atoms with van der Waals surface area (Å²) in [4.78, 5) is 17.4. The van der Waals surface area contributed by atoms with Crippen molar-refractivity contribution < 1.29 is 4.79 Å². The summed E-state index contributed by atoms with van der Waals surface area (Å²) in [7, 11) is 0. The molecule has 1 aromatic heterocycles. The zero-order valence-electron chi connectivity index (χ0n) is 12.0. The summed E-state index contributed by atoms with van der Waals surface area (Å²) in [6, 6.07) is 15.6. The lowest BCUT2D eigenvalue weighted by Gasteiger charge is -2.00. The molecule has 106 valence electrons. The van der Waals surface area contributed by atoms with Gasteiger partial charge in [0.1, 0.15) is 0 Å². The van der Waals surface area contributed by atoms with Crippen LogP contribution in [-0.4, -0.2) is 10.5 Å². The Labute approximate surface area is 127 Å². The van der Waals surface area contributed by atoms with Crippen molar-refractivity contribution in [2.75, 3.05) is 0 Å². The van der Waals surface area contributed by atoms with E-state index in [-0.39, 0.29) is 5.91 Å². The fraction of sp³-hybridized carbons (Fsp3) is 0.176. The van der Waals surface area contributed by atoms with Crippen molar-refractivity contribution in [1.29, 1.82) is 0 Å². The summed E-state index contributed by atoms with van der Waals surface area (Å²) in [6.07, 6.45) is 0. The molecule has 1 heterocycles. The Morgan fingerprint density at radius 3 is 2.57 bits per heavy atom. The van der Waals surface area contributed by atoms with E-state index in [1.165, 1.54) is 0 Å². The van der Waals surface area contributed by atoms with Crippen molar-refractivity contribution in [3.05, 3.63) is 64.5 Å². The molecule has 3 aromatic rings. The molecule has 3 rings (SSSR count). The lowest BCUT2D eigenvalue weighted by molar-refractivity contribution is 0.0998. The van der Waals surface area contributed by atoms with Gasteiger partial charge < -0.3 is 4.57 Å². The molecule has 0 aliphatic heterocycles. The summed E-state index contributed by atoms with van der Waals surface area (Å²) in [5, 5.41) is 0. The molecule has 0 atom stereocenters. The highest BCUT2D eigenvalue weighted by Gasteiger charge is 2.07. The summed E-state index contributed by atoms with van der Waals surface area (Å²) in [5.41, 5.74) is 2.89. The fourth-order valence-corrected chi connectivity index (χ4v) is 3.35. The molecular formula is C17H16N2OS. The molecule has 0 fully saturated rings. The van der Waals surface area contributed by atoms with Crippen LogP contribution in [-0.2, 0) is 6.54 Å². The minimum Gasteiger partial charge on any atom is -0.317 e. The van der Waals surface area contributed by atoms with Crippen LogP contribution in [0.15, 0.2) is 53.5 Å². The minimum absolute atomic E-state index is 0.191. The number of para-hydroxylation sites is 1. The number of carbonyl (C=O) groups is 1. The van der Waals surface area contributed by atoms with Gasteiger partial charge in [0.25, 0.3) is 5.91 Å². The third-order valence-corrected chi connectivity index (χ3v) is 4.46. The number of hydrogen-bond acceptors (Lipinski definition) is 2. The number of thiazole rings is 1. The molecule has 0 N–H and O–H groups in total. The molecule has 3 nitrogen and oxygen atoms in total. The van der Waals surface area contributed by atoms with E-state index in [2.05, 4.69) is 28.6 Å². The minimum atomic E-state index is -0.191. The molecular weight excluding hydrogens is 280 g/mol. The van der Waals surface area contributed by atoms with Crippen LogP contribution < -0.4 is 4.80 Å². The topological polar surface area (TPSA) is 34.4 Å². The lowest BCUT2D eigenvalue weighted by Crippen LogP contribution is -2.15. The number of carbonyl (C=O) groups excluding carboxylic acids is 1. The van der Waals surface area contributed by atoms with Crippen LogP contribution in [0.1, 0.15) is 22.8 Å². The van der Waals surface area contributed by atoms with Crippen molar-refractivity contribution in [3.63, 3.8) is 0 Å². The SMILES string of the molecule is CCn1c(=NC(=O)c2ccc(C)cc2)sc2ccccc21. The fourth-order valence-electron chi connectivity index (χ4n) is 2.26. The second-order valence-electron chi connectivity index (χ2n) is 4.88. The van der Waals surface area contributed by atoms with Crippen molar-refractivity contribution in [1.82, 2.24) is 4.57 Å². The number of hydrogen-bond donors (Lipinski definition) is 0. The maximum atomic E-state index is 12.3. The van der Waals surface area contributed by atoms with Gasteiger partial charge in [-0.1, -0.05) is 41.2 Å². The second kappa shape index (κ2) is 5.66. The highest BCUT2D eigenvalue weighted by atomic mass is 32.1. The Bertz CT molecular complexity index is 856. The third-order valence-electron chi connectivity index (χ3n) is 3.40. The van der Waals surface area contributed by atoms with Gasteiger partial charge >= 0.3 is 0 Å². The number of benzene rings is 2. The van der Waals surface area contributed by atoms with E-state index in [0.29, 0.717) is 5.56 Å². The van der Waals surface area contributed by atoms with Gasteiger partial charge in [-0.2, -0.15) is 4.99 Å². The average Bonchev–Trinajstić information content (AvgIpc) is 2.84. The number of aromatic nitrogens is 1. The molecule has 0 aliphatic carbocycles. The first-order valence-electron chi connectivity index (χ1n) is 6.93. The van der Waals surface area contributed by atoms with Gasteiger partial charge in [0.05, 0.1) is 10.2 Å². The van der Waals surface area contributed by atoms with Gasteiger partial charge in [-0.05, 0) is 38.1 Å². The van der Waals surface area contributed by atoms with Crippen LogP contribution in [0.25, 0.3) is 10.2 Å². The average molecular weight is 296 g/mol. The smallest absolute Gasteiger partial charge is 0.279 e. The zero-order chi connectivity index (χ0) is 14.8. The van der Waals surface area contributed by atoms with Crippen LogP contribution in [0.5, 0.6) is 0 Å². The van der Waals surface area contributed by atoms with Crippen molar-refractivity contribution in [3.8, 4) is 0 Å². The van der Waals surface area contributed by atoms with Crippen LogP contribution in [0.3, 0.4) is 0 Å². The number of fused-ring (bicyclic) bond motifs is 1. The highest BCUT2D eigenvalue weighted by Crippen LogP contribution is 2.16. The molecule has 0 saturated heterocycles. The van der Waals surface area contributed by atoms with E-state index in [0.717, 1.165) is 27.1 Å². The third kappa shape index (κ3) is 2.67. The largest absolute Gasteiger partial charge is 0.317 e. The lowest BCUT2D eigenvalue weighted by atomic mass is 10.1. The van der Waals surface area contributed by atoms with Gasteiger partial charge in [-0.3, -0.25) is 4.79 Å². The van der Waals surface area contributed by atoms with Crippen LogP contribution in [0.4, 0.5) is 0 Å². The molecule has 0 unspecified atom stereocenters. The Balaban J connectivity index is 2.10. The van der Waals surface area contributed by atoms with E-state index in [4.69, 9.17) is 0 Å². The van der Waals surface area contributed by atoms with Gasteiger partial charge in [-0.25, -0.2) is 0 Å². The Morgan fingerprint density at radius 1 is 1.14 bits per heavy atom. The maximum Gasteiger partial charge on any atom is 0.279 e. The molecule has 0 spiro atoms. The highest BCUT2D eigenvalue weighted by molar-refractivity contribution is 7.16. The summed E-state index contributed by atoms with van der Waals surface area (Å²) < 4.78 is 3.22. The molecule has 2 aromatic carbocycles. The Morgan fingerprint density at radius 2 is 1.86 bits per heavy atom. The molecule has 1 amide bonds. The predicted octanol–water partition coefficient (Wildman–Crippen LogP) is 3.77. The Kier molecular flexibility index (Phi) is 3.71.